The fraction of sp³-hybridized carbons (Fsp3) is 0.300. The lowest BCUT2D eigenvalue weighted by Gasteiger charge is -2.08. The highest BCUT2D eigenvalue weighted by Crippen LogP contribution is 2.14. The Morgan fingerprint density at radius 1 is 1.04 bits per heavy atom. The van der Waals surface area contributed by atoms with Crippen molar-refractivity contribution >= 4 is 17.5 Å². The molecule has 25 heavy (non-hydrogen) atoms. The van der Waals surface area contributed by atoms with Crippen molar-refractivity contribution in [3.05, 3.63) is 59.7 Å². The maximum absolute atomic E-state index is 11.9. The van der Waals surface area contributed by atoms with Crippen LogP contribution in [-0.4, -0.2) is 18.4 Å². The minimum absolute atomic E-state index is 0.0891. The van der Waals surface area contributed by atoms with Gasteiger partial charge in [0.1, 0.15) is 5.75 Å². The van der Waals surface area contributed by atoms with E-state index in [-0.39, 0.29) is 5.91 Å². The van der Waals surface area contributed by atoms with E-state index in [4.69, 9.17) is 10.5 Å². The Labute approximate surface area is 148 Å². The van der Waals surface area contributed by atoms with Crippen molar-refractivity contribution in [2.45, 2.75) is 32.6 Å². The minimum Gasteiger partial charge on any atom is -0.494 e. The summed E-state index contributed by atoms with van der Waals surface area (Å²) in [6, 6.07) is 14.6. The van der Waals surface area contributed by atoms with Crippen LogP contribution in [0.1, 0.15) is 42.1 Å². The molecule has 2 aromatic carbocycles. The molecule has 0 aliphatic carbocycles. The second-order valence-corrected chi connectivity index (χ2v) is 5.84. The molecule has 3 N–H and O–H groups in total. The number of nitrogens with two attached hydrogens (primary N) is 1. The Morgan fingerprint density at radius 3 is 2.32 bits per heavy atom. The number of aryl methyl sites for hydroxylation is 1. The molecule has 0 unspecified atom stereocenters. The smallest absolute Gasteiger partial charge is 0.248 e. The molecule has 0 bridgehead atoms. The maximum atomic E-state index is 11.9. The Balaban J connectivity index is 1.68. The van der Waals surface area contributed by atoms with Gasteiger partial charge in [0.25, 0.3) is 0 Å². The zero-order chi connectivity index (χ0) is 18.1. The van der Waals surface area contributed by atoms with Crippen LogP contribution in [0.2, 0.25) is 0 Å². The number of carbonyl (C=O) groups is 2. The lowest BCUT2D eigenvalue weighted by molar-refractivity contribution is -0.116. The van der Waals surface area contributed by atoms with E-state index in [1.807, 2.05) is 12.1 Å². The number of benzene rings is 2. The Kier molecular flexibility index (Phi) is 7.01. The number of nitrogens with one attached hydrogen (secondary N) is 1. The number of hydrogen-bond acceptors (Lipinski definition) is 3. The third-order valence-electron chi connectivity index (χ3n) is 3.73. The fourth-order valence-corrected chi connectivity index (χ4v) is 2.41. The van der Waals surface area contributed by atoms with Gasteiger partial charge in [-0.3, -0.25) is 9.59 Å². The van der Waals surface area contributed by atoms with E-state index in [0.717, 1.165) is 18.6 Å². The molecule has 2 rings (SSSR count). The van der Waals surface area contributed by atoms with Gasteiger partial charge in [0.2, 0.25) is 11.8 Å². The third kappa shape index (κ3) is 6.30. The van der Waals surface area contributed by atoms with E-state index in [0.29, 0.717) is 30.7 Å². The van der Waals surface area contributed by atoms with E-state index < -0.39 is 5.91 Å². The lowest BCUT2D eigenvalue weighted by atomic mass is 10.1. The Bertz CT molecular complexity index is 694. The van der Waals surface area contributed by atoms with Gasteiger partial charge in [0.05, 0.1) is 6.61 Å². The van der Waals surface area contributed by atoms with Crippen LogP contribution in [-0.2, 0) is 11.2 Å². The van der Waals surface area contributed by atoms with Crippen molar-refractivity contribution in [1.29, 1.82) is 0 Å². The molecule has 0 saturated heterocycles. The zero-order valence-corrected chi connectivity index (χ0v) is 14.5. The highest BCUT2D eigenvalue weighted by molar-refractivity contribution is 5.94. The summed E-state index contributed by atoms with van der Waals surface area (Å²) in [7, 11) is 0. The summed E-state index contributed by atoms with van der Waals surface area (Å²) in [5, 5.41) is 2.78. The molecule has 0 saturated carbocycles. The van der Waals surface area contributed by atoms with Crippen LogP contribution in [0.15, 0.2) is 48.5 Å². The molecule has 5 heteroatoms. The standard InChI is InChI=1S/C20H24N2O3/c1-2-4-15-6-12-18(13-7-15)25-14-3-5-19(23)22-17-10-8-16(9-11-17)20(21)24/h6-13H,2-5,14H2,1H3,(H2,21,24)(H,22,23). The van der Waals surface area contributed by atoms with Gasteiger partial charge in [0.15, 0.2) is 0 Å². The van der Waals surface area contributed by atoms with E-state index in [1.165, 1.54) is 5.56 Å². The molecule has 5 nitrogen and oxygen atoms in total. The van der Waals surface area contributed by atoms with Gasteiger partial charge in [-0.2, -0.15) is 0 Å². The summed E-state index contributed by atoms with van der Waals surface area (Å²) in [5.41, 5.74) is 7.53. The predicted molar refractivity (Wildman–Crippen MR) is 98.8 cm³/mol. The third-order valence-corrected chi connectivity index (χ3v) is 3.73. The summed E-state index contributed by atoms with van der Waals surface area (Å²) in [6.45, 7) is 2.64. The van der Waals surface area contributed by atoms with Crippen molar-refractivity contribution < 1.29 is 14.3 Å². The number of carbonyl (C=O) groups excluding carboxylic acids is 2. The van der Waals surface area contributed by atoms with Crippen LogP contribution < -0.4 is 15.8 Å². The molecule has 0 atom stereocenters. The van der Waals surface area contributed by atoms with Gasteiger partial charge in [-0.15, -0.1) is 0 Å². The minimum atomic E-state index is -0.488. The second kappa shape index (κ2) is 9.47. The van der Waals surface area contributed by atoms with Gasteiger partial charge in [-0.25, -0.2) is 0 Å². The molecular formula is C20H24N2O3. The highest BCUT2D eigenvalue weighted by atomic mass is 16.5. The summed E-state index contributed by atoms with van der Waals surface area (Å²) in [5.74, 6) is 0.244. The van der Waals surface area contributed by atoms with Crippen LogP contribution in [0.25, 0.3) is 0 Å². The van der Waals surface area contributed by atoms with Gasteiger partial charge in [-0.1, -0.05) is 25.5 Å². The van der Waals surface area contributed by atoms with Crippen molar-refractivity contribution in [3.63, 3.8) is 0 Å². The van der Waals surface area contributed by atoms with Gasteiger partial charge >= 0.3 is 0 Å². The molecule has 0 aliphatic rings. The molecule has 0 aromatic heterocycles. The van der Waals surface area contributed by atoms with Crippen LogP contribution in [0.5, 0.6) is 5.75 Å². The first-order valence-corrected chi connectivity index (χ1v) is 8.50. The van der Waals surface area contributed by atoms with E-state index in [1.54, 1.807) is 24.3 Å². The SMILES string of the molecule is CCCc1ccc(OCCCC(=O)Nc2ccc(C(N)=O)cc2)cc1. The molecule has 0 spiro atoms. The molecule has 0 fully saturated rings. The van der Waals surface area contributed by atoms with E-state index >= 15 is 0 Å². The van der Waals surface area contributed by atoms with Gasteiger partial charge in [0, 0.05) is 17.7 Å². The monoisotopic (exact) mass is 340 g/mol. The average Bonchev–Trinajstić information content (AvgIpc) is 2.61. The topological polar surface area (TPSA) is 81.4 Å². The number of hydrogen-bond donors (Lipinski definition) is 2. The van der Waals surface area contributed by atoms with E-state index in [9.17, 15) is 9.59 Å². The molecule has 0 radical (unpaired) electrons. The molecule has 2 amide bonds. The number of rotatable bonds is 9. The van der Waals surface area contributed by atoms with Gasteiger partial charge < -0.3 is 15.8 Å². The summed E-state index contributed by atoms with van der Waals surface area (Å²) in [4.78, 5) is 22.9. The largest absolute Gasteiger partial charge is 0.494 e. The van der Waals surface area contributed by atoms with Crippen LogP contribution in [0, 0.1) is 0 Å². The van der Waals surface area contributed by atoms with Crippen LogP contribution in [0.4, 0.5) is 5.69 Å². The summed E-state index contributed by atoms with van der Waals surface area (Å²) >= 11 is 0. The first-order valence-electron chi connectivity index (χ1n) is 8.50. The second-order valence-electron chi connectivity index (χ2n) is 5.84. The van der Waals surface area contributed by atoms with Crippen LogP contribution in [0.3, 0.4) is 0 Å². The fourth-order valence-electron chi connectivity index (χ4n) is 2.41. The number of anilines is 1. The zero-order valence-electron chi connectivity index (χ0n) is 14.5. The van der Waals surface area contributed by atoms with Crippen molar-refractivity contribution in [3.8, 4) is 5.75 Å². The number of primary amides is 1. The lowest BCUT2D eigenvalue weighted by Crippen LogP contribution is -2.14. The van der Waals surface area contributed by atoms with Crippen molar-refractivity contribution in [2.24, 2.45) is 5.73 Å². The summed E-state index contributed by atoms with van der Waals surface area (Å²) < 4.78 is 5.65. The molecule has 132 valence electrons. The molecular weight excluding hydrogens is 316 g/mol. The van der Waals surface area contributed by atoms with Gasteiger partial charge in [-0.05, 0) is 54.8 Å². The summed E-state index contributed by atoms with van der Waals surface area (Å²) in [6.07, 6.45) is 3.19. The quantitative estimate of drug-likeness (QED) is 0.685. The average molecular weight is 340 g/mol. The van der Waals surface area contributed by atoms with Crippen LogP contribution >= 0.6 is 0 Å². The number of ether oxygens (including phenoxy) is 1. The molecule has 0 heterocycles. The van der Waals surface area contributed by atoms with Crippen molar-refractivity contribution in [1.82, 2.24) is 0 Å². The first kappa shape index (κ1) is 18.5. The molecule has 2 aromatic rings. The Hall–Kier alpha value is -2.82. The normalized spacial score (nSPS) is 10.3. The van der Waals surface area contributed by atoms with E-state index in [2.05, 4.69) is 24.4 Å². The van der Waals surface area contributed by atoms with Crippen molar-refractivity contribution in [2.75, 3.05) is 11.9 Å². The maximum Gasteiger partial charge on any atom is 0.248 e. The predicted octanol–water partition coefficient (Wildman–Crippen LogP) is 3.54. The highest BCUT2D eigenvalue weighted by Gasteiger charge is 2.04. The molecule has 0 aliphatic heterocycles. The Morgan fingerprint density at radius 2 is 1.72 bits per heavy atom. The number of amides is 2. The first-order chi connectivity index (χ1) is 12.1.